The summed E-state index contributed by atoms with van der Waals surface area (Å²) in [4.78, 5) is 39.1. The number of carbonyl (C=O) groups excluding carboxylic acids is 2. The van der Waals surface area contributed by atoms with Crippen LogP contribution in [0.3, 0.4) is 0 Å². The Balaban J connectivity index is 1.31. The van der Waals surface area contributed by atoms with E-state index >= 15 is 0 Å². The molecule has 0 saturated carbocycles. The highest BCUT2D eigenvalue weighted by Gasteiger charge is 2.30. The minimum atomic E-state index is -0.679. The number of aromatic nitrogens is 2. The van der Waals surface area contributed by atoms with Crippen molar-refractivity contribution in [3.05, 3.63) is 108 Å². The Morgan fingerprint density at radius 3 is 1.68 bits per heavy atom. The topological polar surface area (TPSA) is 182 Å². The van der Waals surface area contributed by atoms with Crippen molar-refractivity contribution in [3.63, 3.8) is 0 Å². The third-order valence-electron chi connectivity index (χ3n) is 8.32. The first kappa shape index (κ1) is 35.8. The number of nitrogens with zero attached hydrogens (tertiary/aromatic N) is 8. The fourth-order valence-electron chi connectivity index (χ4n) is 5.91. The third-order valence-corrected chi connectivity index (χ3v) is 12.9. The summed E-state index contributed by atoms with van der Waals surface area (Å²) in [7, 11) is 0. The van der Waals surface area contributed by atoms with Crippen molar-refractivity contribution in [2.75, 3.05) is 0 Å². The van der Waals surface area contributed by atoms with E-state index in [1.807, 2.05) is 78.9 Å². The van der Waals surface area contributed by atoms with Gasteiger partial charge in [0.2, 0.25) is 11.4 Å². The molecule has 56 heavy (non-hydrogen) atoms. The molecule has 16 heteroatoms. The normalized spacial score (nSPS) is 10.7. The molecule has 2 aromatic carbocycles. The molecule has 0 atom stereocenters. The van der Waals surface area contributed by atoms with E-state index in [9.17, 15) is 30.6 Å². The molecular formula is C40H20N8O4S4. The van der Waals surface area contributed by atoms with Crippen LogP contribution < -0.4 is 0 Å². The van der Waals surface area contributed by atoms with Gasteiger partial charge in [0, 0.05) is 9.75 Å². The Morgan fingerprint density at radius 2 is 1.11 bits per heavy atom. The van der Waals surface area contributed by atoms with Gasteiger partial charge >= 0.3 is 12.2 Å². The molecule has 0 bridgehead atoms. The number of carbonyl (C=O) groups is 2. The predicted octanol–water partition coefficient (Wildman–Crippen LogP) is 10.9. The van der Waals surface area contributed by atoms with Gasteiger partial charge in [0.25, 0.3) is 0 Å². The molecule has 6 aromatic heterocycles. The Hall–Kier alpha value is -7.18. The van der Waals surface area contributed by atoms with Crippen LogP contribution >= 0.6 is 45.3 Å². The van der Waals surface area contributed by atoms with Crippen molar-refractivity contribution in [2.24, 2.45) is 9.98 Å². The number of aliphatic imine (C=N–C) groups is 2. The number of nitriles is 4. The summed E-state index contributed by atoms with van der Waals surface area (Å²) >= 11 is 5.36. The molecule has 0 aliphatic carbocycles. The fraction of sp³-hybridized carbons (Fsp3) is 0.0500. The molecule has 6 heterocycles. The van der Waals surface area contributed by atoms with Crippen LogP contribution in [0, 0.1) is 45.3 Å². The minimum Gasteiger partial charge on any atom is -0.444 e. The number of hydrogen-bond acceptors (Lipinski definition) is 14. The molecule has 0 fully saturated rings. The summed E-state index contributed by atoms with van der Waals surface area (Å²) < 4.78 is 17.0. The first-order chi connectivity index (χ1) is 27.4. The van der Waals surface area contributed by atoms with Crippen molar-refractivity contribution in [1.29, 1.82) is 21.0 Å². The lowest BCUT2D eigenvalue weighted by atomic mass is 10.2. The molecule has 0 aliphatic heterocycles. The number of ether oxygens (including phenoxy) is 2. The maximum Gasteiger partial charge on any atom is 0.419 e. The predicted molar refractivity (Wildman–Crippen MR) is 218 cm³/mol. The lowest BCUT2D eigenvalue weighted by Gasteiger charge is -2.11. The van der Waals surface area contributed by atoms with Crippen LogP contribution in [0.5, 0.6) is 0 Å². The van der Waals surface area contributed by atoms with Crippen LogP contribution in [-0.4, -0.2) is 32.7 Å². The van der Waals surface area contributed by atoms with E-state index in [1.54, 1.807) is 42.5 Å². The summed E-state index contributed by atoms with van der Waals surface area (Å²) in [6.07, 6.45) is -1.33. The van der Waals surface area contributed by atoms with Gasteiger partial charge < -0.3 is 9.47 Å². The van der Waals surface area contributed by atoms with Crippen molar-refractivity contribution in [3.8, 4) is 44.6 Å². The quantitative estimate of drug-likeness (QED) is 0.136. The van der Waals surface area contributed by atoms with Crippen LogP contribution in [0.1, 0.15) is 11.1 Å². The van der Waals surface area contributed by atoms with Crippen molar-refractivity contribution >= 4 is 110 Å². The van der Waals surface area contributed by atoms with Crippen molar-refractivity contribution in [2.45, 2.75) is 13.2 Å². The third kappa shape index (κ3) is 6.73. The minimum absolute atomic E-state index is 0.00456. The van der Waals surface area contributed by atoms with Crippen LogP contribution in [-0.2, 0) is 22.7 Å². The van der Waals surface area contributed by atoms with E-state index in [2.05, 4.69) is 9.98 Å². The van der Waals surface area contributed by atoms with Crippen LogP contribution in [0.15, 0.2) is 107 Å². The number of rotatable bonds is 8. The van der Waals surface area contributed by atoms with E-state index in [0.717, 1.165) is 30.3 Å². The number of fused-ring (bicyclic) bond motifs is 5. The molecule has 0 N–H and O–H groups in total. The molecule has 0 unspecified atom stereocenters. The average molecular weight is 805 g/mol. The van der Waals surface area contributed by atoms with Gasteiger partial charge in [-0.1, -0.05) is 60.7 Å². The zero-order chi connectivity index (χ0) is 38.8. The molecule has 0 radical (unpaired) electrons. The summed E-state index contributed by atoms with van der Waals surface area (Å²) in [5.41, 5.74) is 2.99. The Morgan fingerprint density at radius 1 is 0.571 bits per heavy atom. The maximum atomic E-state index is 14.3. The van der Waals surface area contributed by atoms with E-state index in [4.69, 9.17) is 9.47 Å². The summed E-state index contributed by atoms with van der Waals surface area (Å²) in [5.74, 6) is 0. The van der Waals surface area contributed by atoms with E-state index in [1.165, 1.54) is 54.5 Å². The molecule has 0 aliphatic rings. The zero-order valence-corrected chi connectivity index (χ0v) is 31.8. The smallest absolute Gasteiger partial charge is 0.419 e. The average Bonchev–Trinajstić information content (AvgIpc) is 4.08. The van der Waals surface area contributed by atoms with Gasteiger partial charge in [0.05, 0.1) is 41.2 Å². The highest BCUT2D eigenvalue weighted by molar-refractivity contribution is 7.33. The second kappa shape index (κ2) is 15.3. The maximum absolute atomic E-state index is 14.3. The standard InChI is InChI=1S/C40H20N8O4S4/c41-17-25(18-42)45-33-13-11-29(53-33)27-15-32-35(47(27)39(49)51-21-23-7-3-1-4-8-23)36-38(56-32)37-28(48(36)40(50)52-22-24-9-5-2-6-10-24)16-31(55-37)30-12-14-34(54-30)46-26(19-43)20-44/h1-16H,21-22H2. The fourth-order valence-corrected chi connectivity index (χ4v) is 10.3. The van der Waals surface area contributed by atoms with E-state index in [0.29, 0.717) is 41.8 Å². The number of thiophene rings is 4. The van der Waals surface area contributed by atoms with E-state index < -0.39 is 12.2 Å². The molecule has 12 nitrogen and oxygen atoms in total. The SMILES string of the molecule is N#CC(C#N)=Nc1ccc(-c2cc3c(s2)c2sc4cc(-c5ccc(N=C(C#N)C#N)s5)n(C(=O)OCc5ccccc5)c4c2n3C(=O)OCc2ccccc2)s1. The Labute approximate surface area is 333 Å². The van der Waals surface area contributed by atoms with Crippen molar-refractivity contribution < 1.29 is 19.1 Å². The second-order valence-corrected chi connectivity index (χ2v) is 16.0. The Bertz CT molecular complexity index is 3050. The van der Waals surface area contributed by atoms with Gasteiger partial charge in [0.15, 0.2) is 0 Å². The van der Waals surface area contributed by atoms with Gasteiger partial charge in [0.1, 0.15) is 47.5 Å². The molecule has 0 saturated heterocycles. The first-order valence-corrected chi connectivity index (χ1v) is 19.7. The second-order valence-electron chi connectivity index (χ2n) is 11.7. The number of hydrogen-bond donors (Lipinski definition) is 0. The van der Waals surface area contributed by atoms with Crippen LogP contribution in [0.2, 0.25) is 0 Å². The summed E-state index contributed by atoms with van der Waals surface area (Å²) in [5, 5.41) is 37.8. The van der Waals surface area contributed by atoms with Gasteiger partial charge in [-0.2, -0.15) is 21.0 Å². The van der Waals surface area contributed by atoms with Crippen LogP contribution in [0.4, 0.5) is 19.6 Å². The summed E-state index contributed by atoms with van der Waals surface area (Å²) in [6.45, 7) is 0.00414. The molecule has 8 aromatic rings. The van der Waals surface area contributed by atoms with Gasteiger partial charge in [-0.3, -0.25) is 0 Å². The van der Waals surface area contributed by atoms with Gasteiger partial charge in [-0.05, 0) is 47.5 Å². The highest BCUT2D eigenvalue weighted by atomic mass is 32.1. The molecular weight excluding hydrogens is 785 g/mol. The molecule has 0 spiro atoms. The highest BCUT2D eigenvalue weighted by Crippen LogP contribution is 2.50. The number of benzene rings is 2. The summed E-state index contributed by atoms with van der Waals surface area (Å²) in [6, 6.07) is 36.4. The van der Waals surface area contributed by atoms with Crippen molar-refractivity contribution in [1.82, 2.24) is 9.13 Å². The first-order valence-electron chi connectivity index (χ1n) is 16.4. The molecule has 268 valence electrons. The largest absolute Gasteiger partial charge is 0.444 e. The lowest BCUT2D eigenvalue weighted by molar-refractivity contribution is 0.141. The molecule has 8 rings (SSSR count). The monoisotopic (exact) mass is 804 g/mol. The Kier molecular flexibility index (Phi) is 9.78. The lowest BCUT2D eigenvalue weighted by Crippen LogP contribution is -2.16. The molecule has 0 amide bonds. The zero-order valence-electron chi connectivity index (χ0n) is 28.5. The van der Waals surface area contributed by atoms with Crippen LogP contribution in [0.25, 0.3) is 51.0 Å². The van der Waals surface area contributed by atoms with E-state index in [-0.39, 0.29) is 24.6 Å². The van der Waals surface area contributed by atoms with Gasteiger partial charge in [-0.25, -0.2) is 28.7 Å². The van der Waals surface area contributed by atoms with Gasteiger partial charge in [-0.15, -0.1) is 45.3 Å².